The third-order valence-electron chi connectivity index (χ3n) is 18.9. The van der Waals surface area contributed by atoms with E-state index >= 15 is 0 Å². The summed E-state index contributed by atoms with van der Waals surface area (Å²) in [4.78, 5) is 67.8. The molecule has 3 amide bonds. The molecule has 4 unspecified atom stereocenters. The van der Waals surface area contributed by atoms with Crippen molar-refractivity contribution in [1.82, 2.24) is 34.6 Å². The zero-order valence-corrected chi connectivity index (χ0v) is 48.6. The van der Waals surface area contributed by atoms with Crippen LogP contribution in [0.2, 0.25) is 0 Å². The predicted octanol–water partition coefficient (Wildman–Crippen LogP) is 11.7. The lowest BCUT2D eigenvalue weighted by atomic mass is 9.77. The van der Waals surface area contributed by atoms with E-state index in [9.17, 15) is 18.8 Å². The number of rotatable bonds is 17. The smallest absolute Gasteiger partial charge is 0.241 e. The van der Waals surface area contributed by atoms with E-state index in [0.717, 1.165) is 107 Å². The standard InChI is InChI=1S/C70H74FN11O3/c1-45-7-4-30-72-61(45)43-80-35-28-50(52-29-36-81(44-62-46(2)8-5-31-73-62)65(37-52)69(84)77-56-21-14-48(15-22-56)47-12-13-47)20-27-63(80)68(83)76-58-25-18-51(19-26-58)59-39-64(59)79-34-6-10-53(40-79)49-16-23-57(24-17-49)78-70(85)66-38-55(71)42-82(66)41-54-9-3-11-60-67(54)75-33-32-74-60/h3-11,14-19,21-26,30-34,40,47,50,52,55,59,63-66H,12-13,20,27-29,35-39,41-44H2,1-2H3,(H2-,76,77,78,83,84,85)/p+1/t50?,52?,55-,59?,63+,64?,65+,66+/m0/s1. The number of fused-ring (bicyclic) bond motifs is 1. The maximum atomic E-state index is 14.9. The van der Waals surface area contributed by atoms with E-state index in [1.165, 1.54) is 24.0 Å². The topological polar surface area (TPSA) is 152 Å². The van der Waals surface area contributed by atoms with Gasteiger partial charge in [0.1, 0.15) is 6.17 Å². The Bertz CT molecular complexity index is 3690. The quantitative estimate of drug-likeness (QED) is 0.0751. The molecule has 14 nitrogen and oxygen atoms in total. The lowest BCUT2D eigenvalue weighted by Gasteiger charge is -2.41. The highest BCUT2D eigenvalue weighted by Crippen LogP contribution is 2.48. The van der Waals surface area contributed by atoms with E-state index in [0.29, 0.717) is 61.5 Å². The summed E-state index contributed by atoms with van der Waals surface area (Å²) in [6.07, 6.45) is 18.1. The second-order valence-electron chi connectivity index (χ2n) is 24.5. The zero-order chi connectivity index (χ0) is 58.0. The molecule has 3 aliphatic heterocycles. The summed E-state index contributed by atoms with van der Waals surface area (Å²) in [5.74, 6) is 1.48. The Morgan fingerprint density at radius 1 is 0.529 bits per heavy atom. The molecule has 5 fully saturated rings. The van der Waals surface area contributed by atoms with Crippen LogP contribution in [0.25, 0.3) is 22.2 Å². The molecule has 0 radical (unpaired) electrons. The summed E-state index contributed by atoms with van der Waals surface area (Å²) in [5.41, 5.74) is 13.6. The highest BCUT2D eigenvalue weighted by Gasteiger charge is 2.47. The van der Waals surface area contributed by atoms with Crippen LogP contribution in [0.5, 0.6) is 0 Å². The number of piperidine rings is 1. The Labute approximate surface area is 497 Å². The number of hydrogen-bond acceptors (Lipinski definition) is 10. The van der Waals surface area contributed by atoms with Gasteiger partial charge in [0.05, 0.1) is 46.5 Å². The fraction of sp³-hybridized carbons (Fsp3) is 0.371. The van der Waals surface area contributed by atoms with Gasteiger partial charge in [0.2, 0.25) is 17.7 Å². The minimum atomic E-state index is -1.09. The van der Waals surface area contributed by atoms with Crippen LogP contribution in [-0.2, 0) is 34.0 Å². The molecule has 8 atom stereocenters. The first-order valence-corrected chi connectivity index (χ1v) is 30.6. The molecule has 8 aromatic rings. The van der Waals surface area contributed by atoms with Crippen LogP contribution < -0.4 is 20.5 Å². The molecule has 0 spiro atoms. The van der Waals surface area contributed by atoms with E-state index in [-0.39, 0.29) is 42.8 Å². The van der Waals surface area contributed by atoms with Gasteiger partial charge in [-0.25, -0.2) is 8.96 Å². The molecule has 15 heteroatoms. The second-order valence-corrected chi connectivity index (χ2v) is 24.5. The summed E-state index contributed by atoms with van der Waals surface area (Å²) in [5, 5.41) is 9.71. The first kappa shape index (κ1) is 56.0. The average Bonchev–Trinajstić information content (AvgIpc) is 4.48. The summed E-state index contributed by atoms with van der Waals surface area (Å²) in [6.45, 7) is 7.54. The van der Waals surface area contributed by atoms with Gasteiger partial charge in [-0.15, -0.1) is 0 Å². The van der Waals surface area contributed by atoms with Gasteiger partial charge < -0.3 is 16.0 Å². The number of anilines is 3. The molecular formula is C70H75FN11O3+. The number of alkyl halides is 1. The number of pyridine rings is 3. The molecule has 434 valence electrons. The normalized spacial score (nSPS) is 23.7. The van der Waals surface area contributed by atoms with E-state index in [1.54, 1.807) is 12.4 Å². The van der Waals surface area contributed by atoms with Crippen molar-refractivity contribution in [1.29, 1.82) is 0 Å². The summed E-state index contributed by atoms with van der Waals surface area (Å²) in [7, 11) is 0. The van der Waals surface area contributed by atoms with E-state index in [1.807, 2.05) is 84.0 Å². The number of likely N-dealkylation sites (tertiary alicyclic amines) is 3. The Hall–Kier alpha value is -8.11. The summed E-state index contributed by atoms with van der Waals surface area (Å²) < 4.78 is 17.2. The number of nitrogens with one attached hydrogen (secondary N) is 3. The zero-order valence-electron chi connectivity index (χ0n) is 48.6. The van der Waals surface area contributed by atoms with E-state index < -0.39 is 12.2 Å². The van der Waals surface area contributed by atoms with Crippen molar-refractivity contribution < 1.29 is 23.3 Å². The Morgan fingerprint density at radius 2 is 1.13 bits per heavy atom. The van der Waals surface area contributed by atoms with Crippen LogP contribution in [0.3, 0.4) is 0 Å². The van der Waals surface area contributed by atoms with E-state index in [4.69, 9.17) is 9.97 Å². The first-order valence-electron chi connectivity index (χ1n) is 30.6. The molecule has 5 aliphatic rings. The second kappa shape index (κ2) is 24.8. The van der Waals surface area contributed by atoms with Gasteiger partial charge in [-0.05, 0) is 184 Å². The highest BCUT2D eigenvalue weighted by molar-refractivity contribution is 5.96. The van der Waals surface area contributed by atoms with Crippen molar-refractivity contribution >= 4 is 45.8 Å². The van der Waals surface area contributed by atoms with Gasteiger partial charge >= 0.3 is 0 Å². The Balaban J connectivity index is 0.640. The number of aromatic nitrogens is 5. The molecule has 2 saturated carbocycles. The number of aryl methyl sites for hydroxylation is 2. The fourth-order valence-corrected chi connectivity index (χ4v) is 13.8. The molecule has 4 aromatic heterocycles. The van der Waals surface area contributed by atoms with Crippen LogP contribution in [0, 0.1) is 25.7 Å². The highest BCUT2D eigenvalue weighted by atomic mass is 19.1. The van der Waals surface area contributed by atoms with Crippen molar-refractivity contribution in [2.75, 3.05) is 35.6 Å². The molecule has 3 saturated heterocycles. The third kappa shape index (κ3) is 12.9. The molecule has 13 rings (SSSR count). The van der Waals surface area contributed by atoms with Crippen molar-refractivity contribution in [3.05, 3.63) is 204 Å². The van der Waals surface area contributed by atoms with Gasteiger partial charge in [0, 0.05) is 92.5 Å². The van der Waals surface area contributed by atoms with Gasteiger partial charge in [-0.1, -0.05) is 60.7 Å². The number of hydrogen-bond donors (Lipinski definition) is 3. The summed E-state index contributed by atoms with van der Waals surface area (Å²) in [6, 6.07) is 41.8. The minimum Gasteiger partial charge on any atom is -0.325 e. The van der Waals surface area contributed by atoms with E-state index in [2.05, 4.69) is 127 Å². The molecule has 2 aliphatic carbocycles. The van der Waals surface area contributed by atoms with Crippen LogP contribution >= 0.6 is 0 Å². The Kier molecular flexibility index (Phi) is 16.4. The predicted molar refractivity (Wildman–Crippen MR) is 329 cm³/mol. The Morgan fingerprint density at radius 3 is 1.79 bits per heavy atom. The number of halogens is 1. The third-order valence-corrected chi connectivity index (χ3v) is 18.9. The van der Waals surface area contributed by atoms with Crippen LogP contribution in [0.4, 0.5) is 21.5 Å². The number of amides is 3. The molecule has 3 N–H and O–H groups in total. The molecular weight excluding hydrogens is 1060 g/mol. The van der Waals surface area contributed by atoms with Crippen molar-refractivity contribution in [3.8, 4) is 11.1 Å². The van der Waals surface area contributed by atoms with Crippen molar-refractivity contribution in [2.45, 2.75) is 133 Å². The van der Waals surface area contributed by atoms with Crippen molar-refractivity contribution in [2.24, 2.45) is 11.8 Å². The monoisotopic (exact) mass is 1140 g/mol. The molecule has 7 heterocycles. The maximum absolute atomic E-state index is 14.9. The van der Waals surface area contributed by atoms with Crippen LogP contribution in [0.1, 0.15) is 115 Å². The number of benzene rings is 4. The van der Waals surface area contributed by atoms with Gasteiger partial charge in [0.25, 0.3) is 0 Å². The summed E-state index contributed by atoms with van der Waals surface area (Å²) >= 11 is 0. The average molecular weight is 1140 g/mol. The van der Waals surface area contributed by atoms with Gasteiger partial charge in [-0.3, -0.25) is 49.0 Å². The lowest BCUT2D eigenvalue weighted by molar-refractivity contribution is -0.701. The SMILES string of the molecule is Cc1cccnc1CN1CCC(C2CCN(Cc3ncccc3C)[C@@H](C(=O)Nc3ccc(C4CC4)cc3)C2)CC[C@@H]1C(=O)Nc1ccc(C2CC2[n+]2cccc(-c3ccc(NC(=O)[C@H]4C[C@H](F)CN4Cc4cccc5nccnc45)cc3)c2)cc1. The number of para-hydroxylation sites is 1. The number of carbonyl (C=O) groups is 3. The number of carbonyl (C=O) groups excluding carboxylic acids is 3. The maximum Gasteiger partial charge on any atom is 0.241 e. The molecule has 4 aromatic carbocycles. The van der Waals surface area contributed by atoms with Gasteiger partial charge in [-0.2, -0.15) is 0 Å². The molecule has 0 bridgehead atoms. The van der Waals surface area contributed by atoms with Crippen LogP contribution in [0.15, 0.2) is 165 Å². The van der Waals surface area contributed by atoms with Crippen molar-refractivity contribution in [3.63, 3.8) is 0 Å². The largest absolute Gasteiger partial charge is 0.325 e. The minimum absolute atomic E-state index is 0.00110. The number of nitrogens with zero attached hydrogens (tertiary/aromatic N) is 8. The van der Waals surface area contributed by atoms with Crippen LogP contribution in [-0.4, -0.2) is 96.3 Å². The lowest BCUT2D eigenvalue weighted by Crippen LogP contribution is -2.50. The van der Waals surface area contributed by atoms with Gasteiger partial charge in [0.15, 0.2) is 18.4 Å². The first-order chi connectivity index (χ1) is 41.5. The molecule has 85 heavy (non-hydrogen) atoms. The fourth-order valence-electron chi connectivity index (χ4n) is 13.8.